The zero-order valence-electron chi connectivity index (χ0n) is 19.4. The third kappa shape index (κ3) is 4.05. The lowest BCUT2D eigenvalue weighted by Gasteiger charge is -2.34. The van der Waals surface area contributed by atoms with Crippen LogP contribution in [0.15, 0.2) is 111 Å². The van der Waals surface area contributed by atoms with Crippen LogP contribution in [0.4, 0.5) is 5.69 Å². The summed E-state index contributed by atoms with van der Waals surface area (Å²) in [6.07, 6.45) is 1.55. The fraction of sp³-hybridized carbons (Fsp3) is 0.0357. The highest BCUT2D eigenvalue weighted by atomic mass is 32.3. The molecule has 0 radical (unpaired) electrons. The Balaban J connectivity index is 1.47. The van der Waals surface area contributed by atoms with E-state index in [1.807, 2.05) is 54.6 Å². The third-order valence-corrected chi connectivity index (χ3v) is 7.67. The molecule has 0 spiro atoms. The summed E-state index contributed by atoms with van der Waals surface area (Å²) in [5.74, 6) is -0.440. The highest BCUT2D eigenvalue weighted by Crippen LogP contribution is 2.55. The van der Waals surface area contributed by atoms with E-state index < -0.39 is 16.3 Å². The number of aromatic hydroxyl groups is 1. The minimum absolute atomic E-state index is 0.111. The lowest BCUT2D eigenvalue weighted by Crippen LogP contribution is -2.32. The molecule has 1 aliphatic heterocycles. The molecule has 0 bridgehead atoms. The molecular weight excluding hydrogens is 488 g/mol. The van der Waals surface area contributed by atoms with E-state index in [9.17, 15) is 19.0 Å². The Bertz CT molecular complexity index is 1730. The molecule has 4 N–H and O–H groups in total. The molecule has 184 valence electrons. The quantitative estimate of drug-likeness (QED) is 0.246. The standard InChI is InChI=1S/C28H22N4O4S/c33-25-21-9-6-16-29-27(21)32(17-18-12-14-20(15-13-18)19-7-2-1-3-8-19)28(34)24(25)26-30-22-10-4-5-11-23(22)37(35,36)31-26/h1-16,33,35-36H,17H2,(H,30,31). The number of anilines is 1. The Kier molecular flexibility index (Phi) is 5.53. The van der Waals surface area contributed by atoms with Crippen molar-refractivity contribution < 1.29 is 14.2 Å². The van der Waals surface area contributed by atoms with E-state index in [1.165, 1.54) is 4.57 Å². The first-order chi connectivity index (χ1) is 17.9. The number of hydrogen-bond acceptors (Lipinski definition) is 7. The SMILES string of the molecule is O=c1c(C2=NS(O)(O)c3ccccc3N2)c(O)c2cccnc2n1Cc1ccc(-c2ccccc2)cc1. The van der Waals surface area contributed by atoms with Crippen molar-refractivity contribution in [1.29, 1.82) is 0 Å². The van der Waals surface area contributed by atoms with Crippen molar-refractivity contribution in [3.8, 4) is 16.9 Å². The summed E-state index contributed by atoms with van der Waals surface area (Å²) < 4.78 is 26.9. The van der Waals surface area contributed by atoms with Crippen LogP contribution in [0.1, 0.15) is 11.1 Å². The number of fused-ring (bicyclic) bond motifs is 2. The maximum absolute atomic E-state index is 13.8. The predicted molar refractivity (Wildman–Crippen MR) is 146 cm³/mol. The number of pyridine rings is 2. The van der Waals surface area contributed by atoms with Crippen molar-refractivity contribution >= 4 is 33.3 Å². The minimum atomic E-state index is -3.58. The van der Waals surface area contributed by atoms with Crippen molar-refractivity contribution in [1.82, 2.24) is 9.55 Å². The average Bonchev–Trinajstić information content (AvgIpc) is 2.92. The summed E-state index contributed by atoms with van der Waals surface area (Å²) in [5, 5.41) is 14.5. The van der Waals surface area contributed by atoms with Gasteiger partial charge in [0.25, 0.3) is 5.56 Å². The third-order valence-electron chi connectivity index (χ3n) is 6.29. The van der Waals surface area contributed by atoms with Gasteiger partial charge in [0.1, 0.15) is 21.9 Å². The molecule has 0 aliphatic carbocycles. The van der Waals surface area contributed by atoms with E-state index in [2.05, 4.69) is 14.7 Å². The molecule has 6 rings (SSSR count). The van der Waals surface area contributed by atoms with Gasteiger partial charge in [-0.3, -0.25) is 18.5 Å². The fourth-order valence-corrected chi connectivity index (χ4v) is 5.65. The van der Waals surface area contributed by atoms with Crippen LogP contribution >= 0.6 is 10.8 Å². The first-order valence-corrected chi connectivity index (χ1v) is 13.0. The molecule has 37 heavy (non-hydrogen) atoms. The number of nitrogens with one attached hydrogen (secondary N) is 1. The fourth-order valence-electron chi connectivity index (χ4n) is 4.48. The second-order valence-electron chi connectivity index (χ2n) is 8.63. The van der Waals surface area contributed by atoms with Crippen molar-refractivity contribution in [2.75, 3.05) is 5.32 Å². The molecule has 8 nitrogen and oxygen atoms in total. The van der Waals surface area contributed by atoms with Crippen LogP contribution in [0.3, 0.4) is 0 Å². The maximum Gasteiger partial charge on any atom is 0.267 e. The topological polar surface area (TPSA) is 120 Å². The van der Waals surface area contributed by atoms with E-state index in [4.69, 9.17) is 0 Å². The van der Waals surface area contributed by atoms with Gasteiger partial charge in [-0.1, -0.05) is 77.5 Å². The van der Waals surface area contributed by atoms with Gasteiger partial charge in [0.2, 0.25) is 0 Å². The second-order valence-corrected chi connectivity index (χ2v) is 10.3. The molecular formula is C28H22N4O4S. The smallest absolute Gasteiger partial charge is 0.267 e. The molecule has 0 unspecified atom stereocenters. The minimum Gasteiger partial charge on any atom is -0.506 e. The highest BCUT2D eigenvalue weighted by molar-refractivity contribution is 8.23. The Morgan fingerprint density at radius 2 is 1.54 bits per heavy atom. The number of nitrogens with zero attached hydrogens (tertiary/aromatic N) is 3. The van der Waals surface area contributed by atoms with E-state index in [0.717, 1.165) is 16.7 Å². The number of rotatable bonds is 4. The van der Waals surface area contributed by atoms with E-state index in [-0.39, 0.29) is 28.6 Å². The number of para-hydroxylation sites is 1. The van der Waals surface area contributed by atoms with Crippen LogP contribution < -0.4 is 10.9 Å². The van der Waals surface area contributed by atoms with E-state index >= 15 is 0 Å². The van der Waals surface area contributed by atoms with Gasteiger partial charge in [-0.2, -0.15) is 0 Å². The van der Waals surface area contributed by atoms with E-state index in [1.54, 1.807) is 42.6 Å². The van der Waals surface area contributed by atoms with Gasteiger partial charge >= 0.3 is 0 Å². The highest BCUT2D eigenvalue weighted by Gasteiger charge is 2.30. The molecule has 5 aromatic rings. The summed E-state index contributed by atoms with van der Waals surface area (Å²) >= 11 is 0. The van der Waals surface area contributed by atoms with Gasteiger partial charge in [-0.15, -0.1) is 4.40 Å². The lowest BCUT2D eigenvalue weighted by atomic mass is 10.0. The molecule has 0 amide bonds. The van der Waals surface area contributed by atoms with Gasteiger partial charge in [-0.05, 0) is 41.0 Å². The molecule has 3 heterocycles. The molecule has 1 aliphatic rings. The Hall–Kier alpha value is -4.44. The maximum atomic E-state index is 13.8. The van der Waals surface area contributed by atoms with Crippen LogP contribution in [0.5, 0.6) is 5.75 Å². The van der Waals surface area contributed by atoms with Crippen LogP contribution in [0.2, 0.25) is 0 Å². The molecule has 0 atom stereocenters. The van der Waals surface area contributed by atoms with Crippen molar-refractivity contribution in [2.45, 2.75) is 11.4 Å². The summed E-state index contributed by atoms with van der Waals surface area (Å²) in [7, 11) is -3.58. The number of benzene rings is 3. The Morgan fingerprint density at radius 3 is 2.32 bits per heavy atom. The summed E-state index contributed by atoms with van der Waals surface area (Å²) in [6, 6.07) is 27.8. The number of aromatic nitrogens is 2. The Morgan fingerprint density at radius 1 is 0.838 bits per heavy atom. The summed E-state index contributed by atoms with van der Waals surface area (Å²) in [4.78, 5) is 18.4. The van der Waals surface area contributed by atoms with Gasteiger partial charge in [-0.25, -0.2) is 4.98 Å². The molecule has 0 fully saturated rings. The molecule has 2 aromatic heterocycles. The summed E-state index contributed by atoms with van der Waals surface area (Å²) in [6.45, 7) is 0.189. The second kappa shape index (κ2) is 8.90. The van der Waals surface area contributed by atoms with Gasteiger partial charge in [0.15, 0.2) is 5.84 Å². The summed E-state index contributed by atoms with van der Waals surface area (Å²) in [5.41, 5.74) is 3.00. The Labute approximate surface area is 213 Å². The molecule has 0 saturated carbocycles. The zero-order valence-corrected chi connectivity index (χ0v) is 20.3. The van der Waals surface area contributed by atoms with Gasteiger partial charge in [0, 0.05) is 6.20 Å². The zero-order chi connectivity index (χ0) is 25.6. The molecule has 3 aromatic carbocycles. The number of hydrogen-bond donors (Lipinski definition) is 4. The predicted octanol–water partition coefficient (Wildman–Crippen LogP) is 5.71. The van der Waals surface area contributed by atoms with Crippen LogP contribution in [0.25, 0.3) is 22.2 Å². The molecule has 9 heteroatoms. The molecule has 0 saturated heterocycles. The van der Waals surface area contributed by atoms with Gasteiger partial charge in [0.05, 0.1) is 17.6 Å². The van der Waals surface area contributed by atoms with Crippen LogP contribution in [-0.2, 0) is 6.54 Å². The van der Waals surface area contributed by atoms with Gasteiger partial charge < -0.3 is 10.4 Å². The lowest BCUT2D eigenvalue weighted by molar-refractivity contribution is 0.477. The average molecular weight is 511 g/mol. The normalized spacial score (nSPS) is 14.9. The first kappa shape index (κ1) is 23.0. The van der Waals surface area contributed by atoms with Crippen LogP contribution in [0, 0.1) is 0 Å². The first-order valence-electron chi connectivity index (χ1n) is 11.5. The van der Waals surface area contributed by atoms with Crippen molar-refractivity contribution in [2.24, 2.45) is 4.40 Å². The van der Waals surface area contributed by atoms with Crippen molar-refractivity contribution in [3.63, 3.8) is 0 Å². The van der Waals surface area contributed by atoms with Crippen LogP contribution in [-0.4, -0.2) is 29.6 Å². The van der Waals surface area contributed by atoms with E-state index in [0.29, 0.717) is 16.7 Å². The monoisotopic (exact) mass is 510 g/mol. The number of amidine groups is 1. The van der Waals surface area contributed by atoms with Crippen molar-refractivity contribution in [3.05, 3.63) is 119 Å². The largest absolute Gasteiger partial charge is 0.506 e.